The lowest BCUT2D eigenvalue weighted by molar-refractivity contribution is -0.149. The van der Waals surface area contributed by atoms with Crippen molar-refractivity contribution in [2.24, 2.45) is 0 Å². The topological polar surface area (TPSA) is 81.2 Å². The van der Waals surface area contributed by atoms with Gasteiger partial charge < -0.3 is 14.2 Å². The first-order chi connectivity index (χ1) is 16.1. The van der Waals surface area contributed by atoms with Crippen molar-refractivity contribution in [1.29, 1.82) is 0 Å². The molecule has 2 heterocycles. The van der Waals surface area contributed by atoms with E-state index in [4.69, 9.17) is 25.8 Å². The van der Waals surface area contributed by atoms with Crippen LogP contribution in [0.3, 0.4) is 0 Å². The van der Waals surface area contributed by atoms with Crippen LogP contribution in [0.1, 0.15) is 45.0 Å². The minimum absolute atomic E-state index is 0.237. The molecule has 1 fully saturated rings. The van der Waals surface area contributed by atoms with E-state index in [2.05, 4.69) is 9.88 Å². The first-order valence-electron chi connectivity index (χ1n) is 11.3. The fourth-order valence-corrected chi connectivity index (χ4v) is 4.17. The van der Waals surface area contributed by atoms with Gasteiger partial charge in [0, 0.05) is 36.4 Å². The summed E-state index contributed by atoms with van der Waals surface area (Å²) in [5, 5.41) is 0.564. The average Bonchev–Trinajstić information content (AvgIpc) is 2.80. The molecular weight excluding hydrogens is 458 g/mol. The van der Waals surface area contributed by atoms with Crippen molar-refractivity contribution in [1.82, 2.24) is 14.8 Å². The molecule has 2 aromatic rings. The van der Waals surface area contributed by atoms with Gasteiger partial charge in [-0.25, -0.2) is 9.59 Å². The Labute approximate surface area is 205 Å². The van der Waals surface area contributed by atoms with Crippen LogP contribution >= 0.6 is 11.6 Å². The Hall–Kier alpha value is -2.84. The van der Waals surface area contributed by atoms with Gasteiger partial charge in [-0.15, -0.1) is 0 Å². The highest BCUT2D eigenvalue weighted by Crippen LogP contribution is 2.37. The van der Waals surface area contributed by atoms with E-state index in [9.17, 15) is 9.59 Å². The van der Waals surface area contributed by atoms with E-state index in [1.54, 1.807) is 33.0 Å². The summed E-state index contributed by atoms with van der Waals surface area (Å²) in [5.74, 6) is 0.145. The fraction of sp³-hybridized carbons (Fsp3) is 0.480. The number of carbonyl (C=O) groups excluding carboxylic acids is 2. The van der Waals surface area contributed by atoms with Crippen LogP contribution < -0.4 is 4.74 Å². The van der Waals surface area contributed by atoms with E-state index in [1.807, 2.05) is 37.3 Å². The number of carbonyl (C=O) groups is 2. The Morgan fingerprint density at radius 1 is 1.21 bits per heavy atom. The number of aromatic nitrogens is 1. The average molecular weight is 490 g/mol. The first-order valence-corrected chi connectivity index (χ1v) is 11.7. The first kappa shape index (κ1) is 25.8. The molecule has 0 spiro atoms. The quantitative estimate of drug-likeness (QED) is 0.559. The number of methoxy groups -OCH3 is 1. The number of rotatable bonds is 6. The Morgan fingerprint density at radius 2 is 1.97 bits per heavy atom. The zero-order valence-electron chi connectivity index (χ0n) is 20.3. The van der Waals surface area contributed by atoms with Crippen LogP contribution in [-0.4, -0.2) is 71.8 Å². The number of hydrogen-bond donors (Lipinski definition) is 0. The van der Waals surface area contributed by atoms with Gasteiger partial charge >= 0.3 is 12.1 Å². The summed E-state index contributed by atoms with van der Waals surface area (Å²) < 4.78 is 16.5. The maximum absolute atomic E-state index is 12.9. The molecule has 1 saturated heterocycles. The van der Waals surface area contributed by atoms with Crippen LogP contribution in [0, 0.1) is 0 Å². The zero-order chi connectivity index (χ0) is 24.9. The molecule has 2 atom stereocenters. The molecule has 0 N–H and O–H groups in total. The molecule has 1 amide bonds. The lowest BCUT2D eigenvalue weighted by Crippen LogP contribution is -2.59. The number of ether oxygens (including phenoxy) is 3. The predicted octanol–water partition coefficient (Wildman–Crippen LogP) is 4.32. The van der Waals surface area contributed by atoms with Gasteiger partial charge in [0.15, 0.2) is 0 Å². The van der Waals surface area contributed by atoms with Gasteiger partial charge in [0.05, 0.1) is 25.5 Å². The Balaban J connectivity index is 2.00. The van der Waals surface area contributed by atoms with Crippen LogP contribution in [-0.2, 0) is 14.3 Å². The van der Waals surface area contributed by atoms with Crippen molar-refractivity contribution < 1.29 is 23.8 Å². The molecule has 0 saturated carbocycles. The van der Waals surface area contributed by atoms with Crippen molar-refractivity contribution in [2.45, 2.75) is 45.4 Å². The highest BCUT2D eigenvalue weighted by atomic mass is 35.5. The zero-order valence-corrected chi connectivity index (χ0v) is 21.0. The largest absolute Gasteiger partial charge is 0.493 e. The van der Waals surface area contributed by atoms with Gasteiger partial charge in [0.25, 0.3) is 0 Å². The van der Waals surface area contributed by atoms with E-state index in [0.717, 1.165) is 11.3 Å². The van der Waals surface area contributed by atoms with Crippen LogP contribution in [0.2, 0.25) is 5.02 Å². The van der Waals surface area contributed by atoms with Crippen molar-refractivity contribution in [3.05, 3.63) is 58.9 Å². The standard InChI is InChI=1S/C25H32ClN3O5/c1-6-33-21-15-17(26)10-11-18(21)22(19-9-7-8-12-27-19)28-13-14-29(20(16-28)23(30)32-5)24(31)34-25(2,3)4/h7-12,15,20,22H,6,13-14,16H2,1-5H3/t20-,22?/m1/s1. The Bertz CT molecular complexity index is 996. The molecule has 0 bridgehead atoms. The SMILES string of the molecule is CCOc1cc(Cl)ccc1C(c1ccccn1)N1CCN(C(=O)OC(C)(C)C)[C@@H](C(=O)OC)C1. The second kappa shape index (κ2) is 11.1. The molecular formula is C25H32ClN3O5. The molecule has 3 rings (SSSR count). The smallest absolute Gasteiger partial charge is 0.411 e. The van der Waals surface area contributed by atoms with E-state index >= 15 is 0 Å². The van der Waals surface area contributed by atoms with Gasteiger partial charge in [-0.05, 0) is 52.0 Å². The third-order valence-corrected chi connectivity index (χ3v) is 5.65. The molecule has 1 aliphatic heterocycles. The van der Waals surface area contributed by atoms with E-state index in [0.29, 0.717) is 23.9 Å². The van der Waals surface area contributed by atoms with E-state index < -0.39 is 23.7 Å². The summed E-state index contributed by atoms with van der Waals surface area (Å²) in [7, 11) is 1.32. The number of pyridine rings is 1. The molecule has 0 radical (unpaired) electrons. The molecule has 1 unspecified atom stereocenters. The lowest BCUT2D eigenvalue weighted by Gasteiger charge is -2.43. The maximum Gasteiger partial charge on any atom is 0.411 e. The number of nitrogens with zero attached hydrogens (tertiary/aromatic N) is 3. The normalized spacial score (nSPS) is 17.7. The van der Waals surface area contributed by atoms with Crippen LogP contribution in [0.5, 0.6) is 5.75 Å². The fourth-order valence-electron chi connectivity index (χ4n) is 4.01. The van der Waals surface area contributed by atoms with Gasteiger partial charge in [-0.2, -0.15) is 0 Å². The molecule has 1 aromatic carbocycles. The molecule has 0 aliphatic carbocycles. The number of benzene rings is 1. The number of hydrogen-bond acceptors (Lipinski definition) is 7. The summed E-state index contributed by atoms with van der Waals surface area (Å²) >= 11 is 6.25. The second-order valence-corrected chi connectivity index (χ2v) is 9.42. The molecule has 1 aromatic heterocycles. The summed E-state index contributed by atoms with van der Waals surface area (Å²) in [4.78, 5) is 33.8. The molecule has 1 aliphatic rings. The predicted molar refractivity (Wildman–Crippen MR) is 129 cm³/mol. The maximum atomic E-state index is 12.9. The number of halogens is 1. The van der Waals surface area contributed by atoms with Crippen molar-refractivity contribution in [3.63, 3.8) is 0 Å². The van der Waals surface area contributed by atoms with Gasteiger partial charge in [0.2, 0.25) is 0 Å². The summed E-state index contributed by atoms with van der Waals surface area (Å²) in [6, 6.07) is 10.1. The van der Waals surface area contributed by atoms with Crippen LogP contribution in [0.25, 0.3) is 0 Å². The van der Waals surface area contributed by atoms with E-state index in [-0.39, 0.29) is 19.1 Å². The summed E-state index contributed by atoms with van der Waals surface area (Å²) in [5.41, 5.74) is 0.987. The van der Waals surface area contributed by atoms with Crippen LogP contribution in [0.4, 0.5) is 4.79 Å². The summed E-state index contributed by atoms with van der Waals surface area (Å²) in [6.45, 7) is 8.77. The van der Waals surface area contributed by atoms with Crippen molar-refractivity contribution in [2.75, 3.05) is 33.4 Å². The van der Waals surface area contributed by atoms with Gasteiger partial charge in [0.1, 0.15) is 17.4 Å². The molecule has 9 heteroatoms. The number of amides is 1. The monoisotopic (exact) mass is 489 g/mol. The highest BCUT2D eigenvalue weighted by molar-refractivity contribution is 6.30. The number of esters is 1. The third-order valence-electron chi connectivity index (χ3n) is 5.42. The van der Waals surface area contributed by atoms with Gasteiger partial charge in [-0.3, -0.25) is 14.8 Å². The lowest BCUT2D eigenvalue weighted by atomic mass is 9.98. The molecule has 34 heavy (non-hydrogen) atoms. The van der Waals surface area contributed by atoms with Crippen LogP contribution in [0.15, 0.2) is 42.6 Å². The third kappa shape index (κ3) is 6.18. The Morgan fingerprint density at radius 3 is 2.59 bits per heavy atom. The van der Waals surface area contributed by atoms with Crippen molar-refractivity contribution >= 4 is 23.7 Å². The number of piperazine rings is 1. The summed E-state index contributed by atoms with van der Waals surface area (Å²) in [6.07, 6.45) is 1.19. The second-order valence-electron chi connectivity index (χ2n) is 8.98. The minimum Gasteiger partial charge on any atom is -0.493 e. The minimum atomic E-state index is -0.831. The highest BCUT2D eigenvalue weighted by Gasteiger charge is 2.41. The molecule has 184 valence electrons. The Kier molecular flexibility index (Phi) is 8.38. The molecule has 8 nitrogen and oxygen atoms in total. The van der Waals surface area contributed by atoms with Gasteiger partial charge in [-0.1, -0.05) is 23.7 Å². The van der Waals surface area contributed by atoms with Crippen molar-refractivity contribution in [3.8, 4) is 5.75 Å². The van der Waals surface area contributed by atoms with E-state index in [1.165, 1.54) is 12.0 Å².